The summed E-state index contributed by atoms with van der Waals surface area (Å²) in [6, 6.07) is 92.3. The SMILES string of the molecule is Cc1ccc(-c2ccccc2)cc1Oc1ccccc1.Cc1ccc(-c2ccncc2)cc1.Cc1ccc(-c2cncnc2)cc1.Cc1ccc(-c2ncccn2)cc1.Cc1cccc(-c2ccncc2)c1.Cc1ccccc1-c1ccncc1.Cc1cnc(-c2ccccc2)nc1. The van der Waals surface area contributed by atoms with Gasteiger partial charge in [0.05, 0.1) is 0 Å². The van der Waals surface area contributed by atoms with Crippen LogP contribution in [0, 0.1) is 48.5 Å². The Hall–Kier alpha value is -12.5. The zero-order chi connectivity index (χ0) is 68.4. The average Bonchev–Trinajstić information content (AvgIpc) is 1.18. The number of benzene rings is 9. The van der Waals surface area contributed by atoms with Gasteiger partial charge in [0, 0.05) is 91.1 Å². The van der Waals surface area contributed by atoms with Crippen LogP contribution in [-0.4, -0.2) is 44.9 Å². The smallest absolute Gasteiger partial charge is 0.159 e. The fraction of sp³-hybridized carbons (Fsp3) is 0.0795. The maximum atomic E-state index is 5.97. The van der Waals surface area contributed by atoms with Crippen molar-refractivity contribution in [1.29, 1.82) is 0 Å². The summed E-state index contributed by atoms with van der Waals surface area (Å²) in [6.07, 6.45) is 23.2. The first-order chi connectivity index (χ1) is 48.0. The summed E-state index contributed by atoms with van der Waals surface area (Å²) in [7, 11) is 0. The molecule has 0 saturated heterocycles. The van der Waals surface area contributed by atoms with Crippen molar-refractivity contribution in [3.05, 3.63) is 393 Å². The first-order valence-electron chi connectivity index (χ1n) is 32.3. The van der Waals surface area contributed by atoms with Gasteiger partial charge in [0.2, 0.25) is 0 Å². The fourth-order valence-electron chi connectivity index (χ4n) is 9.70. The van der Waals surface area contributed by atoms with Gasteiger partial charge in [-0.15, -0.1) is 0 Å². The second-order valence-electron chi connectivity index (χ2n) is 22.9. The summed E-state index contributed by atoms with van der Waals surface area (Å²) in [5.41, 5.74) is 22.8. The molecule has 0 aliphatic carbocycles. The van der Waals surface area contributed by atoms with Gasteiger partial charge in [0.15, 0.2) is 11.6 Å². The van der Waals surface area contributed by atoms with Crippen molar-refractivity contribution in [1.82, 2.24) is 44.9 Å². The van der Waals surface area contributed by atoms with Gasteiger partial charge >= 0.3 is 0 Å². The molecule has 0 fully saturated rings. The largest absolute Gasteiger partial charge is 0.457 e. The first kappa shape index (κ1) is 69.8. The van der Waals surface area contributed by atoms with Gasteiger partial charge in [-0.3, -0.25) is 15.0 Å². The molecule has 98 heavy (non-hydrogen) atoms. The van der Waals surface area contributed by atoms with Crippen LogP contribution in [0.3, 0.4) is 0 Å². The summed E-state index contributed by atoms with van der Waals surface area (Å²) in [4.78, 5) is 36.7. The van der Waals surface area contributed by atoms with Crippen molar-refractivity contribution in [2.75, 3.05) is 0 Å². The summed E-state index contributed by atoms with van der Waals surface area (Å²) in [5.74, 6) is 3.33. The fourth-order valence-corrected chi connectivity index (χ4v) is 9.70. The molecule has 0 bridgehead atoms. The zero-order valence-electron chi connectivity index (χ0n) is 56.4. The van der Waals surface area contributed by atoms with E-state index in [0.29, 0.717) is 0 Å². The molecule has 482 valence electrons. The molecular weight excluding hydrogens is 1200 g/mol. The third-order valence-electron chi connectivity index (χ3n) is 15.1. The minimum Gasteiger partial charge on any atom is -0.457 e. The van der Waals surface area contributed by atoms with E-state index in [-0.39, 0.29) is 0 Å². The van der Waals surface area contributed by atoms with Crippen molar-refractivity contribution in [2.24, 2.45) is 0 Å². The highest BCUT2D eigenvalue weighted by Gasteiger charge is 2.06. The molecule has 10 heteroatoms. The van der Waals surface area contributed by atoms with Crippen LogP contribution >= 0.6 is 0 Å². The van der Waals surface area contributed by atoms with E-state index in [1.54, 1.807) is 12.4 Å². The number of ether oxygens (including phenoxy) is 1. The lowest BCUT2D eigenvalue weighted by Crippen LogP contribution is -1.88. The lowest BCUT2D eigenvalue weighted by Gasteiger charge is -2.11. The summed E-state index contributed by atoms with van der Waals surface area (Å²) < 4.78 is 5.97. The lowest BCUT2D eigenvalue weighted by molar-refractivity contribution is 0.479. The monoisotopic (exact) mass is 1280 g/mol. The summed E-state index contributed by atoms with van der Waals surface area (Å²) in [5, 5.41) is 0. The summed E-state index contributed by atoms with van der Waals surface area (Å²) in [6.45, 7) is 14.5. The molecule has 0 unspecified atom stereocenters. The summed E-state index contributed by atoms with van der Waals surface area (Å²) >= 11 is 0. The predicted molar refractivity (Wildman–Crippen MR) is 403 cm³/mol. The van der Waals surface area contributed by atoms with Gasteiger partial charge in [0.1, 0.15) is 17.8 Å². The van der Waals surface area contributed by atoms with Crippen LogP contribution in [0.25, 0.3) is 78.4 Å². The van der Waals surface area contributed by atoms with Crippen LogP contribution in [0.5, 0.6) is 11.5 Å². The third-order valence-corrected chi connectivity index (χ3v) is 15.1. The van der Waals surface area contributed by atoms with Gasteiger partial charge in [-0.25, -0.2) is 29.9 Å². The van der Waals surface area contributed by atoms with Crippen molar-refractivity contribution < 1.29 is 4.74 Å². The third kappa shape index (κ3) is 22.9. The second-order valence-corrected chi connectivity index (χ2v) is 22.9. The number of hydrogen-bond acceptors (Lipinski definition) is 10. The number of para-hydroxylation sites is 1. The van der Waals surface area contributed by atoms with Crippen LogP contribution in [0.2, 0.25) is 0 Å². The molecule has 6 aromatic heterocycles. The molecule has 0 amide bonds. The number of hydrogen-bond donors (Lipinski definition) is 0. The van der Waals surface area contributed by atoms with Gasteiger partial charge in [0.25, 0.3) is 0 Å². The van der Waals surface area contributed by atoms with E-state index in [1.165, 1.54) is 78.7 Å². The van der Waals surface area contributed by atoms with Gasteiger partial charge < -0.3 is 4.74 Å². The Morgan fingerprint density at radius 2 is 0.622 bits per heavy atom. The first-order valence-corrected chi connectivity index (χ1v) is 32.3. The molecule has 9 aromatic carbocycles. The van der Waals surface area contributed by atoms with Crippen molar-refractivity contribution >= 4 is 0 Å². The highest BCUT2D eigenvalue weighted by molar-refractivity contribution is 5.68. The van der Waals surface area contributed by atoms with E-state index in [9.17, 15) is 0 Å². The highest BCUT2D eigenvalue weighted by Crippen LogP contribution is 2.31. The van der Waals surface area contributed by atoms with Crippen LogP contribution < -0.4 is 4.74 Å². The van der Waals surface area contributed by atoms with E-state index in [2.05, 4.69) is 226 Å². The number of nitrogens with zero attached hydrogens (tertiary/aromatic N) is 9. The maximum Gasteiger partial charge on any atom is 0.159 e. The minimum atomic E-state index is 0.780. The quantitative estimate of drug-likeness (QED) is 0.138. The number of rotatable bonds is 9. The molecule has 6 heterocycles. The van der Waals surface area contributed by atoms with Crippen molar-refractivity contribution in [2.45, 2.75) is 48.5 Å². The highest BCUT2D eigenvalue weighted by atomic mass is 16.5. The van der Waals surface area contributed by atoms with E-state index in [0.717, 1.165) is 56.5 Å². The van der Waals surface area contributed by atoms with E-state index in [4.69, 9.17) is 4.74 Å². The Kier molecular flexibility index (Phi) is 27.1. The second kappa shape index (κ2) is 38.0. The average molecular weight is 1280 g/mol. The molecule has 0 saturated carbocycles. The Balaban J connectivity index is 0.000000135. The topological polar surface area (TPSA) is 125 Å². The van der Waals surface area contributed by atoms with Gasteiger partial charge in [-0.2, -0.15) is 0 Å². The maximum absolute atomic E-state index is 5.97. The van der Waals surface area contributed by atoms with Crippen LogP contribution in [0.15, 0.2) is 354 Å². The van der Waals surface area contributed by atoms with E-state index < -0.39 is 0 Å². The Morgan fingerprint density at radius 3 is 1.15 bits per heavy atom. The van der Waals surface area contributed by atoms with Gasteiger partial charge in [-0.1, -0.05) is 235 Å². The predicted octanol–water partition coefficient (Wildman–Crippen LogP) is 22.0. The minimum absolute atomic E-state index is 0.780. The zero-order valence-corrected chi connectivity index (χ0v) is 56.4. The molecule has 15 rings (SSSR count). The van der Waals surface area contributed by atoms with Crippen LogP contribution in [-0.2, 0) is 0 Å². The Bertz CT molecular complexity index is 4370. The molecular formula is C88H79N9O. The number of pyridine rings is 3. The number of aromatic nitrogens is 9. The molecule has 0 N–H and O–H groups in total. The molecule has 10 nitrogen and oxygen atoms in total. The van der Waals surface area contributed by atoms with Crippen LogP contribution in [0.1, 0.15) is 38.9 Å². The normalized spacial score (nSPS) is 9.99. The molecule has 0 radical (unpaired) electrons. The lowest BCUT2D eigenvalue weighted by atomic mass is 10.0. The molecule has 0 aliphatic heterocycles. The van der Waals surface area contributed by atoms with Gasteiger partial charge in [-0.05, 0) is 176 Å². The molecule has 15 aromatic rings. The van der Waals surface area contributed by atoms with Crippen LogP contribution in [0.4, 0.5) is 0 Å². The molecule has 0 aliphatic rings. The van der Waals surface area contributed by atoms with E-state index in [1.807, 2.05) is 202 Å². The Labute approximate surface area is 577 Å². The standard InChI is InChI=1S/C19H16O.3C12H11N.3C11H10N2/c1-15-12-13-17(16-8-4-2-5-9-16)14-19(15)20-18-10-6-3-7-11-18;1-10-2-4-11(5-3-10)12-6-8-13-9-7-12;1-10-3-2-4-12(9-10)11-5-7-13-8-6-11;1-10-4-2-3-5-12(10)11-6-8-13-9-7-11;1-9-3-5-10(6-4-9)11-12-7-2-8-13-11;1-9-2-4-10(5-3-9)11-6-12-8-13-7-11;1-9-7-12-11(13-8-9)10-5-3-2-4-6-10/h2-14H,1H3;3*2-9H,1H3;3*2-8H,1H3. The molecule has 0 spiro atoms. The van der Waals surface area contributed by atoms with E-state index >= 15 is 0 Å². The number of aryl methyl sites for hydroxylation is 7. The van der Waals surface area contributed by atoms with Crippen molar-refractivity contribution in [3.63, 3.8) is 0 Å². The Morgan fingerprint density at radius 1 is 0.224 bits per heavy atom. The molecule has 0 atom stereocenters. The van der Waals surface area contributed by atoms with Crippen molar-refractivity contribution in [3.8, 4) is 89.9 Å².